The lowest BCUT2D eigenvalue weighted by atomic mass is 9.72. The van der Waals surface area contributed by atoms with Gasteiger partial charge in [0.15, 0.2) is 0 Å². The van der Waals surface area contributed by atoms with Gasteiger partial charge in [0.2, 0.25) is 0 Å². The number of hydrogen-bond acceptors (Lipinski definition) is 23. The summed E-state index contributed by atoms with van der Waals surface area (Å²) in [5.41, 5.74) is -0.762. The van der Waals surface area contributed by atoms with E-state index in [1.165, 1.54) is 111 Å². The first-order chi connectivity index (χ1) is 48.1. The average Bonchev–Trinajstić information content (AvgIpc) is 1.62. The van der Waals surface area contributed by atoms with Crippen molar-refractivity contribution in [2.75, 3.05) is 72.7 Å². The minimum atomic E-state index is -0.367. The van der Waals surface area contributed by atoms with Crippen molar-refractivity contribution < 1.29 is 109 Å². The van der Waals surface area contributed by atoms with Gasteiger partial charge in [-0.15, -0.1) is 0 Å². The summed E-state index contributed by atoms with van der Waals surface area (Å²) in [6, 6.07) is 7.73. The second kappa shape index (κ2) is 33.2. The van der Waals surface area contributed by atoms with E-state index >= 15 is 0 Å². The monoisotopic (exact) mass is 1490 g/mol. The molecule has 16 heterocycles. The number of ether oxygens (including phenoxy) is 17. The van der Waals surface area contributed by atoms with Gasteiger partial charge in [0.25, 0.3) is 0 Å². The van der Waals surface area contributed by atoms with Gasteiger partial charge in [-0.3, -0.25) is 28.8 Å². The van der Waals surface area contributed by atoms with Crippen LogP contribution in [0, 0.1) is 51.2 Å². The van der Waals surface area contributed by atoms with E-state index in [0.717, 1.165) is 149 Å². The van der Waals surface area contributed by atoms with Gasteiger partial charge in [-0.25, -0.2) is 0 Å². The minimum Gasteiger partial charge on any atom is -0.465 e. The van der Waals surface area contributed by atoms with Crippen LogP contribution in [0.1, 0.15) is 135 Å². The van der Waals surface area contributed by atoms with Gasteiger partial charge in [-0.05, 0) is 83.0 Å². The second-order valence-electron chi connectivity index (χ2n) is 32.0. The lowest BCUT2D eigenvalue weighted by molar-refractivity contribution is -0.152. The number of carbonyl (C=O) groups excluding carboxylic acids is 6. The largest absolute Gasteiger partial charge is 0.465 e. The number of esters is 6. The van der Waals surface area contributed by atoms with Crippen molar-refractivity contribution in [3.8, 4) is 0 Å². The zero-order valence-corrected chi connectivity index (χ0v) is 72.0. The van der Waals surface area contributed by atoms with Crippen molar-refractivity contribution in [3.63, 3.8) is 0 Å². The zero-order chi connectivity index (χ0) is 69.1. The molecule has 2 aliphatic carbocycles. The fourth-order valence-corrected chi connectivity index (χ4v) is 21.9. The third-order valence-electron chi connectivity index (χ3n) is 25.5. The lowest BCUT2D eigenvalue weighted by Gasteiger charge is -2.33. The molecule has 0 N–H and O–H groups in total. The molecule has 18 rings (SSSR count). The van der Waals surface area contributed by atoms with E-state index in [1.54, 1.807) is 0 Å². The van der Waals surface area contributed by atoms with Crippen molar-refractivity contribution in [2.45, 2.75) is 275 Å². The molecule has 16 saturated heterocycles. The topological polar surface area (TPSA) is 259 Å². The highest BCUT2D eigenvalue weighted by molar-refractivity contribution is 6.09. The summed E-state index contributed by atoms with van der Waals surface area (Å²) in [5.74, 6) is 1.33. The normalized spacial score (nSPS) is 44.4. The van der Waals surface area contributed by atoms with E-state index in [0.29, 0.717) is 57.7 Å². The number of fused-ring (bicyclic) bond motifs is 18. The molecule has 26 atom stereocenters. The van der Waals surface area contributed by atoms with Crippen molar-refractivity contribution in [2.24, 2.45) is 51.2 Å². The van der Waals surface area contributed by atoms with Crippen LogP contribution in [0.25, 0.3) is 0 Å². The minimum absolute atomic E-state index is 0.00318. The average molecular weight is 1490 g/mol. The summed E-state index contributed by atoms with van der Waals surface area (Å²) in [4.78, 5) is 69.3. The van der Waals surface area contributed by atoms with Crippen LogP contribution >= 0.6 is 0 Å². The molecule has 12 bridgehead atoms. The SMILES string of the molecule is O=C1CC2(CO1)CC1CC(OCCC[SiH3])C2O1.O=C1CC2(CO1)CC1OC2CC1OCCC[SiH3].O=C1OC2C3CC(CC13)C2OCCC[SiH3].O=C1OCC2C3OC(CC3OCCC[SiH3])C12.O=C1OCCC12CC1CC(OCCC[SiH3])C2O1.O=C1OCCC12CC1OC2CC1OCCC[SiH3]. The molecule has 18 fully saturated rings. The maximum Gasteiger partial charge on any atom is 0.315 e. The Bertz CT molecular complexity index is 2800. The van der Waals surface area contributed by atoms with E-state index in [1.807, 2.05) is 0 Å². The predicted octanol–water partition coefficient (Wildman–Crippen LogP) is -0.208. The maximum absolute atomic E-state index is 11.9. The van der Waals surface area contributed by atoms with Crippen LogP contribution in [-0.4, -0.2) is 274 Å². The van der Waals surface area contributed by atoms with Gasteiger partial charge in [0.1, 0.15) is 30.8 Å². The van der Waals surface area contributed by atoms with Crippen molar-refractivity contribution >= 4 is 97.3 Å². The van der Waals surface area contributed by atoms with Gasteiger partial charge >= 0.3 is 35.8 Å². The molecule has 0 aromatic rings. The predicted molar refractivity (Wildman–Crippen MR) is 379 cm³/mol. The Labute approximate surface area is 602 Å². The van der Waals surface area contributed by atoms with Gasteiger partial charge in [-0.1, -0.05) is 36.3 Å². The van der Waals surface area contributed by atoms with E-state index in [2.05, 4.69) is 0 Å². The molecule has 0 amide bonds. The van der Waals surface area contributed by atoms with E-state index in [9.17, 15) is 28.8 Å². The number of hydrogen-bond donors (Lipinski definition) is 0. The van der Waals surface area contributed by atoms with Gasteiger partial charge in [0, 0.05) is 169 Å². The second-order valence-corrected chi connectivity index (χ2v) is 38.0. The molecule has 4 spiro atoms. The third-order valence-corrected chi connectivity index (χ3v) is 29.8. The van der Waals surface area contributed by atoms with Crippen LogP contribution in [0.2, 0.25) is 36.3 Å². The highest BCUT2D eigenvalue weighted by Gasteiger charge is 2.68. The number of cyclic esters (lactones) is 5. The zero-order valence-electron chi connectivity index (χ0n) is 60.0. The summed E-state index contributed by atoms with van der Waals surface area (Å²) in [7, 11) is 7.49. The van der Waals surface area contributed by atoms with Crippen molar-refractivity contribution in [3.05, 3.63) is 0 Å². The molecule has 23 nitrogen and oxygen atoms in total. The smallest absolute Gasteiger partial charge is 0.315 e. The fourth-order valence-electron chi connectivity index (χ4n) is 20.2. The third kappa shape index (κ3) is 15.5. The first kappa shape index (κ1) is 74.9. The molecular weight excluding hydrogens is 1380 g/mol. The molecule has 26 unspecified atom stereocenters. The molecule has 99 heavy (non-hydrogen) atoms. The van der Waals surface area contributed by atoms with E-state index < -0.39 is 0 Å². The number of rotatable bonds is 24. The highest BCUT2D eigenvalue weighted by Crippen LogP contribution is 2.59. The van der Waals surface area contributed by atoms with Crippen molar-refractivity contribution in [1.29, 1.82) is 0 Å². The quantitative estimate of drug-likeness (QED) is 0.0524. The van der Waals surface area contributed by atoms with E-state index in [4.69, 9.17) is 80.5 Å². The molecule has 558 valence electrons. The summed E-state index contributed by atoms with van der Waals surface area (Å²) < 4.78 is 96.0. The molecule has 18 aliphatic rings. The summed E-state index contributed by atoms with van der Waals surface area (Å²) in [6.45, 7) is 7.80. The molecular formula is C70H116O23Si6. The fraction of sp³-hybridized carbons (Fsp3) is 0.914. The highest BCUT2D eigenvalue weighted by atomic mass is 28.2. The maximum atomic E-state index is 11.9. The van der Waals surface area contributed by atoms with Crippen LogP contribution in [0.5, 0.6) is 0 Å². The van der Waals surface area contributed by atoms with Crippen LogP contribution in [0.4, 0.5) is 0 Å². The van der Waals surface area contributed by atoms with Gasteiger partial charge < -0.3 is 80.5 Å². The summed E-state index contributed by atoms with van der Waals surface area (Å²) >= 11 is 0. The molecule has 0 radical (unpaired) electrons. The summed E-state index contributed by atoms with van der Waals surface area (Å²) in [6.07, 6.45) is 22.7. The molecule has 0 aromatic heterocycles. The Morgan fingerprint density at radius 3 is 1.46 bits per heavy atom. The Kier molecular flexibility index (Phi) is 25.1. The Balaban J connectivity index is 0.000000107. The standard InChI is InChI=1S/4C12H20O4Si.C11H18O4Si.C11H18O3Si/c13-11-12(2-4-15-11)7-9-8(6-10(12)16-9)14-3-1-5-17;13-11-12(2-4-15-11)7-8-6-9(10(12)16-8)14-3-1-5-17;13-11-6-12(7-15-11)5-9-8(4-10(12)16-9)14-2-1-3-17;13-10-6-12(7-15-10)5-8-4-9(11(12)16-8)14-2-1-3-17;12-11-9-6(5-14-11)10-8(4-7(9)15-10)13-2-1-3-16;12-11-8-5-6-4-7(8)10(14-11)9(6)13-2-1-3-15/h3*8-10H,1-7H2,17H3;8-9,11H,1-7H2,17H3;6-10H,1-5H2,16H3;6-10H,1-5H2,15H3. The summed E-state index contributed by atoms with van der Waals surface area (Å²) in [5, 5.41) is 0. The lowest BCUT2D eigenvalue weighted by Crippen LogP contribution is -2.45. The van der Waals surface area contributed by atoms with Crippen molar-refractivity contribution in [1.82, 2.24) is 0 Å². The molecule has 16 aliphatic heterocycles. The van der Waals surface area contributed by atoms with E-state index in [-0.39, 0.29) is 179 Å². The van der Waals surface area contributed by atoms with Gasteiger partial charge in [0.05, 0.1) is 141 Å². The first-order valence-electron chi connectivity index (χ1n) is 39.1. The van der Waals surface area contributed by atoms with Crippen LogP contribution in [-0.2, 0) is 109 Å². The molecule has 29 heteroatoms. The van der Waals surface area contributed by atoms with Crippen LogP contribution in [0.3, 0.4) is 0 Å². The van der Waals surface area contributed by atoms with Crippen LogP contribution in [0.15, 0.2) is 0 Å². The van der Waals surface area contributed by atoms with Crippen LogP contribution < -0.4 is 0 Å². The van der Waals surface area contributed by atoms with Gasteiger partial charge in [-0.2, -0.15) is 0 Å². The number of carbonyl (C=O) groups is 6. The Hall–Kier alpha value is -2.32. The Morgan fingerprint density at radius 2 is 0.939 bits per heavy atom. The molecule has 0 aromatic carbocycles. The molecule has 2 saturated carbocycles. The first-order valence-corrected chi connectivity index (χ1v) is 47.6. The Morgan fingerprint density at radius 1 is 0.414 bits per heavy atom.